The minimum Gasteiger partial charge on any atom is -0.457 e. The molecule has 0 atom stereocenters. The van der Waals surface area contributed by atoms with E-state index in [1.807, 2.05) is 61.0 Å². The first-order valence-electron chi connectivity index (χ1n) is 10.6. The van der Waals surface area contributed by atoms with Crippen LogP contribution in [0.3, 0.4) is 0 Å². The molecule has 0 saturated carbocycles. The fraction of sp³-hybridized carbons (Fsp3) is 0.200. The van der Waals surface area contributed by atoms with E-state index in [0.717, 1.165) is 39.6 Å². The van der Waals surface area contributed by atoms with Crippen LogP contribution in [0, 0.1) is 6.92 Å². The Morgan fingerprint density at radius 3 is 2.48 bits per heavy atom. The second kappa shape index (κ2) is 10.3. The summed E-state index contributed by atoms with van der Waals surface area (Å²) in [6, 6.07) is 13.5. The second-order valence-electron chi connectivity index (χ2n) is 7.76. The summed E-state index contributed by atoms with van der Waals surface area (Å²) in [5, 5.41) is 3.96. The number of nitrogens with zero attached hydrogens (tertiary/aromatic N) is 4. The molecular formula is C25H24ClN5O2. The summed E-state index contributed by atoms with van der Waals surface area (Å²) in [4.78, 5) is 24.6. The average Bonchev–Trinajstić information content (AvgIpc) is 2.81. The number of ether oxygens (including phenoxy) is 1. The molecule has 0 saturated heterocycles. The lowest BCUT2D eigenvalue weighted by molar-refractivity contribution is 0.482. The summed E-state index contributed by atoms with van der Waals surface area (Å²) in [6.45, 7) is 2.59. The molecule has 0 aliphatic carbocycles. The summed E-state index contributed by atoms with van der Waals surface area (Å²) in [5.74, 6) is 2.05. The lowest BCUT2D eigenvalue weighted by atomic mass is 10.1. The molecule has 4 rings (SSSR count). The maximum absolute atomic E-state index is 12.4. The lowest BCUT2D eigenvalue weighted by Gasteiger charge is -2.12. The van der Waals surface area contributed by atoms with Gasteiger partial charge in [-0.2, -0.15) is 4.98 Å². The van der Waals surface area contributed by atoms with E-state index in [9.17, 15) is 4.79 Å². The van der Waals surface area contributed by atoms with Crippen LogP contribution in [-0.2, 0) is 19.9 Å². The maximum Gasteiger partial charge on any atom is 0.277 e. The Hall–Kier alpha value is -3.71. The second-order valence-corrected chi connectivity index (χ2v) is 8.17. The van der Waals surface area contributed by atoms with Gasteiger partial charge < -0.3 is 14.6 Å². The van der Waals surface area contributed by atoms with E-state index in [-0.39, 0.29) is 5.56 Å². The largest absolute Gasteiger partial charge is 0.457 e. The minimum absolute atomic E-state index is 0.251. The lowest BCUT2D eigenvalue weighted by Crippen LogP contribution is -2.21. The van der Waals surface area contributed by atoms with Crippen LogP contribution < -0.4 is 15.6 Å². The van der Waals surface area contributed by atoms with Gasteiger partial charge in [0.1, 0.15) is 17.8 Å². The van der Waals surface area contributed by atoms with Crippen LogP contribution in [0.2, 0.25) is 5.02 Å². The van der Waals surface area contributed by atoms with E-state index in [2.05, 4.69) is 20.3 Å². The first kappa shape index (κ1) is 22.5. The van der Waals surface area contributed by atoms with Crippen LogP contribution >= 0.6 is 11.6 Å². The van der Waals surface area contributed by atoms with Crippen LogP contribution in [0.4, 0.5) is 5.95 Å². The van der Waals surface area contributed by atoms with Gasteiger partial charge in [0.15, 0.2) is 0 Å². The minimum atomic E-state index is -0.251. The summed E-state index contributed by atoms with van der Waals surface area (Å²) in [5.41, 5.74) is 3.34. The normalized spacial score (nSPS) is 10.8. The molecule has 0 unspecified atom stereocenters. The zero-order chi connectivity index (χ0) is 23.2. The molecule has 8 heteroatoms. The van der Waals surface area contributed by atoms with E-state index in [1.54, 1.807) is 18.6 Å². The van der Waals surface area contributed by atoms with Crippen molar-refractivity contribution in [1.82, 2.24) is 19.5 Å². The average molecular weight is 462 g/mol. The fourth-order valence-corrected chi connectivity index (χ4v) is 3.50. The number of aryl methyl sites for hydroxylation is 2. The number of hydrogen-bond donors (Lipinski definition) is 1. The number of halogens is 1. The monoisotopic (exact) mass is 461 g/mol. The molecule has 2 heterocycles. The maximum atomic E-state index is 12.4. The Kier molecular flexibility index (Phi) is 7.00. The number of hydrogen-bond acceptors (Lipinski definition) is 6. The Morgan fingerprint density at radius 1 is 1.03 bits per heavy atom. The molecule has 1 N–H and O–H groups in total. The van der Waals surface area contributed by atoms with E-state index in [4.69, 9.17) is 16.3 Å². The van der Waals surface area contributed by atoms with Crippen LogP contribution in [0.5, 0.6) is 11.5 Å². The van der Waals surface area contributed by atoms with Gasteiger partial charge in [-0.3, -0.25) is 4.79 Å². The van der Waals surface area contributed by atoms with E-state index < -0.39 is 0 Å². The molecule has 0 aliphatic rings. The van der Waals surface area contributed by atoms with Crippen molar-refractivity contribution < 1.29 is 4.74 Å². The summed E-state index contributed by atoms with van der Waals surface area (Å²) in [7, 11) is 1.87. The van der Waals surface area contributed by atoms with Gasteiger partial charge in [0.05, 0.1) is 0 Å². The molecule has 33 heavy (non-hydrogen) atoms. The fourth-order valence-electron chi connectivity index (χ4n) is 3.38. The number of aromatic nitrogens is 4. The standard InChI is InChI=1S/C25H24ClN5O2/c1-17-11-22(7-8-23(17)26)33-21-5-3-18(4-6-21)9-10-29-25-30-24(32)20(15-31(25)2)12-19-13-27-16-28-14-19/h3-8,11,13-16H,9-10,12H2,1-2H3,(H,29,30,32). The SMILES string of the molecule is Cc1cc(Oc2ccc(CCNc3nc(=O)c(Cc4cncnc4)cn3C)cc2)ccc1Cl. The van der Waals surface area contributed by atoms with Crippen molar-refractivity contribution in [2.75, 3.05) is 11.9 Å². The number of anilines is 1. The van der Waals surface area contributed by atoms with Crippen molar-refractivity contribution in [1.29, 1.82) is 0 Å². The van der Waals surface area contributed by atoms with Crippen molar-refractivity contribution in [2.24, 2.45) is 7.05 Å². The third kappa shape index (κ3) is 5.96. The summed E-state index contributed by atoms with van der Waals surface area (Å²) < 4.78 is 7.72. The molecule has 0 aliphatic heterocycles. The Morgan fingerprint density at radius 2 is 1.76 bits per heavy atom. The quantitative estimate of drug-likeness (QED) is 0.414. The first-order chi connectivity index (χ1) is 16.0. The topological polar surface area (TPSA) is 81.9 Å². The number of rotatable bonds is 8. The van der Waals surface area contributed by atoms with E-state index in [0.29, 0.717) is 24.5 Å². The van der Waals surface area contributed by atoms with Crippen molar-refractivity contribution in [2.45, 2.75) is 19.8 Å². The third-order valence-electron chi connectivity index (χ3n) is 5.16. The molecule has 2 aromatic carbocycles. The Labute approximate surface area is 197 Å². The predicted octanol–water partition coefficient (Wildman–Crippen LogP) is 4.57. The summed E-state index contributed by atoms with van der Waals surface area (Å²) in [6.07, 6.45) is 7.89. The molecule has 7 nitrogen and oxygen atoms in total. The van der Waals surface area contributed by atoms with Crippen LogP contribution in [0.1, 0.15) is 22.3 Å². The number of benzene rings is 2. The van der Waals surface area contributed by atoms with E-state index >= 15 is 0 Å². The van der Waals surface area contributed by atoms with Crippen molar-refractivity contribution in [3.8, 4) is 11.5 Å². The highest BCUT2D eigenvalue weighted by Crippen LogP contribution is 2.26. The zero-order valence-electron chi connectivity index (χ0n) is 18.5. The summed E-state index contributed by atoms with van der Waals surface area (Å²) >= 11 is 6.07. The first-order valence-corrected chi connectivity index (χ1v) is 10.9. The van der Waals surface area contributed by atoms with Gasteiger partial charge in [-0.1, -0.05) is 23.7 Å². The zero-order valence-corrected chi connectivity index (χ0v) is 19.2. The molecular weight excluding hydrogens is 438 g/mol. The van der Waals surface area contributed by atoms with Gasteiger partial charge in [-0.05, 0) is 60.4 Å². The van der Waals surface area contributed by atoms with Gasteiger partial charge >= 0.3 is 0 Å². The highest BCUT2D eigenvalue weighted by molar-refractivity contribution is 6.31. The van der Waals surface area contributed by atoms with Crippen molar-refractivity contribution >= 4 is 17.5 Å². The van der Waals surface area contributed by atoms with Crippen LogP contribution in [-0.4, -0.2) is 26.1 Å². The molecule has 168 valence electrons. The molecule has 0 bridgehead atoms. The smallest absolute Gasteiger partial charge is 0.277 e. The van der Waals surface area contributed by atoms with Gasteiger partial charge in [-0.25, -0.2) is 9.97 Å². The van der Waals surface area contributed by atoms with Crippen LogP contribution in [0.25, 0.3) is 0 Å². The molecule has 0 spiro atoms. The predicted molar refractivity (Wildman–Crippen MR) is 129 cm³/mol. The highest BCUT2D eigenvalue weighted by Gasteiger charge is 2.08. The highest BCUT2D eigenvalue weighted by atomic mass is 35.5. The van der Waals surface area contributed by atoms with E-state index in [1.165, 1.54) is 6.33 Å². The number of nitrogens with one attached hydrogen (secondary N) is 1. The van der Waals surface area contributed by atoms with Gasteiger partial charge in [0.25, 0.3) is 5.56 Å². The van der Waals surface area contributed by atoms with Gasteiger partial charge in [-0.15, -0.1) is 0 Å². The van der Waals surface area contributed by atoms with Crippen LogP contribution in [0.15, 0.2) is 72.2 Å². The Balaban J connectivity index is 1.33. The van der Waals surface area contributed by atoms with Crippen molar-refractivity contribution in [3.63, 3.8) is 0 Å². The van der Waals surface area contributed by atoms with Crippen molar-refractivity contribution in [3.05, 3.63) is 105 Å². The van der Waals surface area contributed by atoms with Gasteiger partial charge in [0.2, 0.25) is 5.95 Å². The Bertz CT molecular complexity index is 1290. The molecule has 4 aromatic rings. The molecule has 0 fully saturated rings. The molecule has 0 amide bonds. The third-order valence-corrected chi connectivity index (χ3v) is 5.58. The molecule has 0 radical (unpaired) electrons. The molecule has 2 aromatic heterocycles. The van der Waals surface area contributed by atoms with Gasteiger partial charge in [0, 0.05) is 49.2 Å².